The van der Waals surface area contributed by atoms with Gasteiger partial charge in [-0.05, 0) is 48.4 Å². The van der Waals surface area contributed by atoms with Crippen molar-refractivity contribution >= 4 is 35.0 Å². The summed E-state index contributed by atoms with van der Waals surface area (Å²) in [7, 11) is 1.32. The van der Waals surface area contributed by atoms with Crippen LogP contribution in [0.5, 0.6) is 0 Å². The van der Waals surface area contributed by atoms with E-state index < -0.39 is 5.97 Å². The lowest BCUT2D eigenvalue weighted by Gasteiger charge is -2.06. The van der Waals surface area contributed by atoms with Gasteiger partial charge in [0, 0.05) is 11.3 Å². The normalized spacial score (nSPS) is 10.8. The number of anilines is 1. The number of hydrogen-bond acceptors (Lipinski definition) is 7. The van der Waals surface area contributed by atoms with Gasteiger partial charge >= 0.3 is 5.97 Å². The highest BCUT2D eigenvalue weighted by Gasteiger charge is 2.12. The first-order chi connectivity index (χ1) is 15.6. The maximum Gasteiger partial charge on any atom is 0.337 e. The largest absolute Gasteiger partial charge is 0.465 e. The van der Waals surface area contributed by atoms with E-state index in [2.05, 4.69) is 44.4 Å². The van der Waals surface area contributed by atoms with Crippen molar-refractivity contribution in [1.29, 1.82) is 0 Å². The fourth-order valence-corrected chi connectivity index (χ4v) is 3.75. The number of nitrogens with one attached hydrogen (secondary N) is 1. The Kier molecular flexibility index (Phi) is 6.46. The number of rotatable bonds is 7. The first-order valence-electron chi connectivity index (χ1n) is 10.00. The standard InChI is InChI=1S/C23H21N5O3S/c1-3-15-4-6-16(7-5-15)19-12-13-20-25-26-23(28(20)27-19)32-14-21(29)24-18-10-8-17(9-11-18)22(30)31-2/h4-13H,3,14H2,1-2H3,(H,24,29). The zero-order valence-corrected chi connectivity index (χ0v) is 18.4. The van der Waals surface area contributed by atoms with E-state index >= 15 is 0 Å². The van der Waals surface area contributed by atoms with Crippen LogP contribution in [0.4, 0.5) is 5.69 Å². The smallest absolute Gasteiger partial charge is 0.337 e. The van der Waals surface area contributed by atoms with Crippen LogP contribution >= 0.6 is 11.8 Å². The Bertz CT molecular complexity index is 1250. The Balaban J connectivity index is 1.43. The van der Waals surface area contributed by atoms with Crippen LogP contribution in [-0.2, 0) is 16.0 Å². The topological polar surface area (TPSA) is 98.5 Å². The number of thioether (sulfide) groups is 1. The third-order valence-electron chi connectivity index (χ3n) is 4.81. The van der Waals surface area contributed by atoms with Crippen molar-refractivity contribution in [3.8, 4) is 11.3 Å². The molecule has 0 fully saturated rings. The summed E-state index contributed by atoms with van der Waals surface area (Å²) in [6.45, 7) is 2.12. The lowest BCUT2D eigenvalue weighted by Crippen LogP contribution is -2.14. The number of hydrogen-bond donors (Lipinski definition) is 1. The van der Waals surface area contributed by atoms with E-state index in [0.29, 0.717) is 22.1 Å². The Morgan fingerprint density at radius 1 is 1.00 bits per heavy atom. The third kappa shape index (κ3) is 4.78. The molecule has 2 aromatic carbocycles. The van der Waals surface area contributed by atoms with E-state index in [1.54, 1.807) is 28.8 Å². The second-order valence-electron chi connectivity index (χ2n) is 6.93. The Labute approximate surface area is 189 Å². The Morgan fingerprint density at radius 3 is 2.44 bits per heavy atom. The molecule has 2 aromatic heterocycles. The Hall–Kier alpha value is -3.72. The molecule has 0 unspecified atom stereocenters. The molecule has 0 saturated carbocycles. The number of nitrogens with zero attached hydrogens (tertiary/aromatic N) is 4. The highest BCUT2D eigenvalue weighted by Crippen LogP contribution is 2.21. The number of aryl methyl sites for hydroxylation is 1. The van der Waals surface area contributed by atoms with Gasteiger partial charge < -0.3 is 10.1 Å². The van der Waals surface area contributed by atoms with Crippen LogP contribution in [-0.4, -0.2) is 44.6 Å². The number of amides is 1. The van der Waals surface area contributed by atoms with Gasteiger partial charge in [0.2, 0.25) is 11.1 Å². The molecule has 0 aliphatic rings. The molecule has 4 aromatic rings. The van der Waals surface area contributed by atoms with Gasteiger partial charge in [-0.25, -0.2) is 4.79 Å². The van der Waals surface area contributed by atoms with Crippen LogP contribution in [0, 0.1) is 0 Å². The van der Waals surface area contributed by atoms with Crippen molar-refractivity contribution in [1.82, 2.24) is 19.8 Å². The van der Waals surface area contributed by atoms with Crippen molar-refractivity contribution in [3.63, 3.8) is 0 Å². The molecular weight excluding hydrogens is 426 g/mol. The number of fused-ring (bicyclic) bond motifs is 1. The number of methoxy groups -OCH3 is 1. The first-order valence-corrected chi connectivity index (χ1v) is 11.0. The number of ether oxygens (including phenoxy) is 1. The summed E-state index contributed by atoms with van der Waals surface area (Å²) in [6, 6.07) is 18.5. The molecule has 8 nitrogen and oxygen atoms in total. The van der Waals surface area contributed by atoms with Crippen molar-refractivity contribution in [2.24, 2.45) is 0 Å². The molecule has 0 atom stereocenters. The lowest BCUT2D eigenvalue weighted by atomic mass is 10.1. The van der Waals surface area contributed by atoms with Crippen LogP contribution in [0.25, 0.3) is 16.9 Å². The van der Waals surface area contributed by atoms with Crippen LogP contribution in [0.15, 0.2) is 65.8 Å². The first kappa shape index (κ1) is 21.5. The predicted octanol–water partition coefficient (Wildman–Crippen LogP) is 3.87. The minimum absolute atomic E-state index is 0.136. The maximum absolute atomic E-state index is 12.4. The van der Waals surface area contributed by atoms with Crippen LogP contribution in [0.2, 0.25) is 0 Å². The van der Waals surface area contributed by atoms with Gasteiger partial charge in [-0.3, -0.25) is 4.79 Å². The van der Waals surface area contributed by atoms with E-state index in [-0.39, 0.29) is 11.7 Å². The molecule has 1 N–H and O–H groups in total. The van der Waals surface area contributed by atoms with Gasteiger partial charge in [-0.1, -0.05) is 43.0 Å². The quantitative estimate of drug-likeness (QED) is 0.339. The van der Waals surface area contributed by atoms with Crippen molar-refractivity contribution in [3.05, 3.63) is 71.8 Å². The molecule has 1 amide bonds. The fraction of sp³-hybridized carbons (Fsp3) is 0.174. The minimum atomic E-state index is -0.426. The molecular formula is C23H21N5O3S. The molecule has 9 heteroatoms. The number of aromatic nitrogens is 4. The summed E-state index contributed by atoms with van der Waals surface area (Å²) in [5, 5.41) is 16.3. The number of carbonyl (C=O) groups excluding carboxylic acids is 2. The molecule has 0 spiro atoms. The zero-order valence-electron chi connectivity index (χ0n) is 17.6. The van der Waals surface area contributed by atoms with Gasteiger partial charge in [0.15, 0.2) is 5.65 Å². The molecule has 0 aliphatic heterocycles. The molecule has 0 aliphatic carbocycles. The second kappa shape index (κ2) is 9.61. The number of benzene rings is 2. The molecule has 0 bridgehead atoms. The zero-order chi connectivity index (χ0) is 22.5. The molecule has 162 valence electrons. The summed E-state index contributed by atoms with van der Waals surface area (Å²) in [6.07, 6.45) is 0.983. The number of esters is 1. The summed E-state index contributed by atoms with van der Waals surface area (Å²) in [5.74, 6) is -0.495. The van der Waals surface area contributed by atoms with Gasteiger partial charge in [0.1, 0.15) is 0 Å². The lowest BCUT2D eigenvalue weighted by molar-refractivity contribution is -0.113. The summed E-state index contributed by atoms with van der Waals surface area (Å²) in [5.41, 5.74) is 4.69. The minimum Gasteiger partial charge on any atom is -0.465 e. The number of carbonyl (C=O) groups is 2. The Morgan fingerprint density at radius 2 is 1.75 bits per heavy atom. The van der Waals surface area contributed by atoms with E-state index in [1.807, 2.05) is 24.3 Å². The highest BCUT2D eigenvalue weighted by atomic mass is 32.2. The summed E-state index contributed by atoms with van der Waals surface area (Å²) < 4.78 is 6.31. The second-order valence-corrected chi connectivity index (χ2v) is 7.87. The van der Waals surface area contributed by atoms with Crippen molar-refractivity contribution < 1.29 is 14.3 Å². The maximum atomic E-state index is 12.4. The SMILES string of the molecule is CCc1ccc(-c2ccc3nnc(SCC(=O)Nc4ccc(C(=O)OC)cc4)n3n2)cc1. The predicted molar refractivity (Wildman–Crippen MR) is 123 cm³/mol. The summed E-state index contributed by atoms with van der Waals surface area (Å²) >= 11 is 1.25. The average molecular weight is 448 g/mol. The molecule has 0 saturated heterocycles. The fourth-order valence-electron chi connectivity index (χ4n) is 3.06. The van der Waals surface area contributed by atoms with Crippen LogP contribution in [0.1, 0.15) is 22.8 Å². The van der Waals surface area contributed by atoms with Crippen molar-refractivity contribution in [2.45, 2.75) is 18.5 Å². The van der Waals surface area contributed by atoms with Gasteiger partial charge in [0.25, 0.3) is 0 Å². The third-order valence-corrected chi connectivity index (χ3v) is 5.73. The van der Waals surface area contributed by atoms with Crippen LogP contribution < -0.4 is 5.32 Å². The molecule has 0 radical (unpaired) electrons. The highest BCUT2D eigenvalue weighted by molar-refractivity contribution is 7.99. The van der Waals surface area contributed by atoms with E-state index in [1.165, 1.54) is 24.4 Å². The van der Waals surface area contributed by atoms with Gasteiger partial charge in [0.05, 0.1) is 24.1 Å². The summed E-state index contributed by atoms with van der Waals surface area (Å²) in [4.78, 5) is 23.9. The molecule has 2 heterocycles. The van der Waals surface area contributed by atoms with E-state index in [9.17, 15) is 9.59 Å². The monoisotopic (exact) mass is 447 g/mol. The van der Waals surface area contributed by atoms with Crippen molar-refractivity contribution in [2.75, 3.05) is 18.2 Å². The molecule has 4 rings (SSSR count). The van der Waals surface area contributed by atoms with Gasteiger partial charge in [-0.2, -0.15) is 9.61 Å². The average Bonchev–Trinajstić information content (AvgIpc) is 3.25. The van der Waals surface area contributed by atoms with Crippen LogP contribution in [0.3, 0.4) is 0 Å². The van der Waals surface area contributed by atoms with E-state index in [4.69, 9.17) is 0 Å². The van der Waals surface area contributed by atoms with E-state index in [0.717, 1.165) is 17.7 Å². The molecule has 32 heavy (non-hydrogen) atoms. The van der Waals surface area contributed by atoms with Gasteiger partial charge in [-0.15, -0.1) is 10.2 Å².